The number of rotatable bonds is 1. The van der Waals surface area contributed by atoms with E-state index in [1.165, 1.54) is 0 Å². The van der Waals surface area contributed by atoms with E-state index in [0.29, 0.717) is 21.7 Å². The monoisotopic (exact) mass is 289 g/mol. The first kappa shape index (κ1) is 13.2. The Kier molecular flexibility index (Phi) is 3.48. The molecule has 3 rings (SSSR count). The minimum absolute atomic E-state index is 0.107. The molecule has 6 heteroatoms. The quantitative estimate of drug-likeness (QED) is 0.864. The average Bonchev–Trinajstić information content (AvgIpc) is 2.47. The molecule has 2 heterocycles. The van der Waals surface area contributed by atoms with Crippen LogP contribution in [0.1, 0.15) is 17.4 Å². The van der Waals surface area contributed by atoms with Crippen molar-refractivity contribution >= 4 is 28.4 Å². The normalized spacial score (nSPS) is 19.2. The van der Waals surface area contributed by atoms with Crippen LogP contribution in [0.3, 0.4) is 0 Å². The Morgan fingerprint density at radius 2 is 2.15 bits per heavy atom. The lowest BCUT2D eigenvalue weighted by Gasteiger charge is -2.30. The molecule has 1 aliphatic heterocycles. The van der Waals surface area contributed by atoms with E-state index in [-0.39, 0.29) is 11.5 Å². The maximum atomic E-state index is 12.6. The molecule has 1 N–H and O–H groups in total. The number of amides is 1. The van der Waals surface area contributed by atoms with Gasteiger partial charge in [0.05, 0.1) is 5.39 Å². The van der Waals surface area contributed by atoms with Gasteiger partial charge >= 0.3 is 0 Å². The molecule has 0 spiro atoms. The van der Waals surface area contributed by atoms with Gasteiger partial charge in [0.1, 0.15) is 0 Å². The van der Waals surface area contributed by atoms with Crippen molar-refractivity contribution in [2.24, 2.45) is 0 Å². The summed E-state index contributed by atoms with van der Waals surface area (Å²) in [5.41, 5.74) is 0.0685. The molecule has 1 unspecified atom stereocenters. The molecule has 0 saturated carbocycles. The van der Waals surface area contributed by atoms with Crippen LogP contribution in [0.25, 0.3) is 10.8 Å². The molecular weight excluding hydrogens is 274 g/mol. The van der Waals surface area contributed by atoms with Crippen LogP contribution in [0, 0.1) is 0 Å². The number of benzene rings is 1. The Bertz CT molecular complexity index is 713. The van der Waals surface area contributed by atoms with Crippen molar-refractivity contribution in [2.75, 3.05) is 18.8 Å². The second-order valence-electron chi connectivity index (χ2n) is 4.88. The highest BCUT2D eigenvalue weighted by molar-refractivity contribution is 7.99. The number of hydrogen-bond donors (Lipinski definition) is 1. The third-order valence-electron chi connectivity index (χ3n) is 3.43. The van der Waals surface area contributed by atoms with Gasteiger partial charge in [-0.2, -0.15) is 16.9 Å². The van der Waals surface area contributed by atoms with Crippen LogP contribution in [-0.2, 0) is 0 Å². The zero-order valence-electron chi connectivity index (χ0n) is 11.1. The molecule has 0 radical (unpaired) electrons. The smallest absolute Gasteiger partial charge is 0.275 e. The van der Waals surface area contributed by atoms with E-state index in [4.69, 9.17) is 0 Å². The number of hydrogen-bond acceptors (Lipinski definition) is 4. The summed E-state index contributed by atoms with van der Waals surface area (Å²) in [5.74, 6) is 0.832. The average molecular weight is 289 g/mol. The summed E-state index contributed by atoms with van der Waals surface area (Å²) in [6.07, 6.45) is 0. The SMILES string of the molecule is CC1CN(C(=O)c2n[nH]c(=O)c3ccccc23)CCS1. The predicted octanol–water partition coefficient (Wildman–Crippen LogP) is 1.50. The molecule has 1 aliphatic rings. The second-order valence-corrected chi connectivity index (χ2v) is 6.43. The van der Waals surface area contributed by atoms with Gasteiger partial charge in [0.25, 0.3) is 11.5 Å². The van der Waals surface area contributed by atoms with Crippen LogP contribution in [0.4, 0.5) is 0 Å². The number of aromatic amines is 1. The molecule has 20 heavy (non-hydrogen) atoms. The van der Waals surface area contributed by atoms with Gasteiger partial charge in [0.15, 0.2) is 5.69 Å². The number of H-pyrrole nitrogens is 1. The van der Waals surface area contributed by atoms with Crippen molar-refractivity contribution in [1.82, 2.24) is 15.1 Å². The number of fused-ring (bicyclic) bond motifs is 1. The zero-order chi connectivity index (χ0) is 14.1. The van der Waals surface area contributed by atoms with Gasteiger partial charge in [-0.1, -0.05) is 25.1 Å². The Balaban J connectivity index is 2.04. The predicted molar refractivity (Wildman–Crippen MR) is 80.2 cm³/mol. The lowest BCUT2D eigenvalue weighted by Crippen LogP contribution is -2.41. The fourth-order valence-electron chi connectivity index (χ4n) is 2.43. The van der Waals surface area contributed by atoms with Crippen molar-refractivity contribution in [3.8, 4) is 0 Å². The Labute approximate surface area is 120 Å². The van der Waals surface area contributed by atoms with Gasteiger partial charge in [-0.25, -0.2) is 5.10 Å². The first-order valence-electron chi connectivity index (χ1n) is 6.55. The summed E-state index contributed by atoms with van der Waals surface area (Å²) in [6.45, 7) is 3.56. The summed E-state index contributed by atoms with van der Waals surface area (Å²) in [7, 11) is 0. The van der Waals surface area contributed by atoms with Gasteiger partial charge in [0.2, 0.25) is 0 Å². The molecule has 2 aromatic rings. The number of carbonyl (C=O) groups is 1. The standard InChI is InChI=1S/C14H15N3O2S/c1-9-8-17(6-7-20-9)14(19)12-10-4-2-3-5-11(10)13(18)16-15-12/h2-5,9H,6-8H2,1H3,(H,16,18). The lowest BCUT2D eigenvalue weighted by molar-refractivity contribution is 0.0758. The minimum atomic E-state index is -0.264. The molecule has 1 aromatic carbocycles. The number of aromatic nitrogens is 2. The second kappa shape index (κ2) is 5.28. The highest BCUT2D eigenvalue weighted by atomic mass is 32.2. The van der Waals surface area contributed by atoms with Crippen LogP contribution in [-0.4, -0.2) is 45.1 Å². The Morgan fingerprint density at radius 3 is 2.90 bits per heavy atom. The fraction of sp³-hybridized carbons (Fsp3) is 0.357. The van der Waals surface area contributed by atoms with E-state index >= 15 is 0 Å². The van der Waals surface area contributed by atoms with Crippen molar-refractivity contribution in [1.29, 1.82) is 0 Å². The van der Waals surface area contributed by atoms with E-state index in [9.17, 15) is 9.59 Å². The van der Waals surface area contributed by atoms with Gasteiger partial charge in [-0.3, -0.25) is 9.59 Å². The molecule has 1 fully saturated rings. The molecule has 104 valence electrons. The topological polar surface area (TPSA) is 66.1 Å². The largest absolute Gasteiger partial charge is 0.335 e. The molecular formula is C14H15N3O2S. The van der Waals surface area contributed by atoms with E-state index in [1.54, 1.807) is 18.2 Å². The summed E-state index contributed by atoms with van der Waals surface area (Å²) >= 11 is 1.87. The third kappa shape index (κ3) is 2.31. The zero-order valence-corrected chi connectivity index (χ0v) is 11.9. The summed E-state index contributed by atoms with van der Waals surface area (Å²) in [4.78, 5) is 26.2. The lowest BCUT2D eigenvalue weighted by atomic mass is 10.1. The van der Waals surface area contributed by atoms with Crippen LogP contribution in [0.15, 0.2) is 29.1 Å². The summed E-state index contributed by atoms with van der Waals surface area (Å²) in [6, 6.07) is 7.08. The van der Waals surface area contributed by atoms with Gasteiger partial charge in [0, 0.05) is 29.5 Å². The minimum Gasteiger partial charge on any atom is -0.335 e. The first-order chi connectivity index (χ1) is 9.66. The van der Waals surface area contributed by atoms with Crippen molar-refractivity contribution in [3.05, 3.63) is 40.3 Å². The highest BCUT2D eigenvalue weighted by Gasteiger charge is 2.25. The Morgan fingerprint density at radius 1 is 1.40 bits per heavy atom. The van der Waals surface area contributed by atoms with Crippen LogP contribution >= 0.6 is 11.8 Å². The van der Waals surface area contributed by atoms with Crippen molar-refractivity contribution < 1.29 is 4.79 Å². The first-order valence-corrected chi connectivity index (χ1v) is 7.60. The van der Waals surface area contributed by atoms with Gasteiger partial charge < -0.3 is 4.90 Å². The van der Waals surface area contributed by atoms with E-state index in [2.05, 4.69) is 17.1 Å². The Hall–Kier alpha value is -1.82. The molecule has 1 aromatic heterocycles. The van der Waals surface area contributed by atoms with Crippen molar-refractivity contribution in [2.45, 2.75) is 12.2 Å². The maximum absolute atomic E-state index is 12.6. The summed E-state index contributed by atoms with van der Waals surface area (Å²) in [5, 5.41) is 7.94. The highest BCUT2D eigenvalue weighted by Crippen LogP contribution is 2.21. The molecule has 0 aliphatic carbocycles. The third-order valence-corrected chi connectivity index (χ3v) is 4.56. The number of carbonyl (C=O) groups excluding carboxylic acids is 1. The molecule has 5 nitrogen and oxygen atoms in total. The van der Waals surface area contributed by atoms with Crippen LogP contribution < -0.4 is 5.56 Å². The van der Waals surface area contributed by atoms with Gasteiger partial charge in [-0.15, -0.1) is 0 Å². The number of nitrogens with one attached hydrogen (secondary N) is 1. The number of thioether (sulfide) groups is 1. The molecule has 1 amide bonds. The van der Waals surface area contributed by atoms with E-state index < -0.39 is 0 Å². The van der Waals surface area contributed by atoms with Crippen LogP contribution in [0.2, 0.25) is 0 Å². The van der Waals surface area contributed by atoms with E-state index in [0.717, 1.165) is 18.8 Å². The van der Waals surface area contributed by atoms with Crippen molar-refractivity contribution in [3.63, 3.8) is 0 Å². The van der Waals surface area contributed by atoms with Crippen LogP contribution in [0.5, 0.6) is 0 Å². The molecule has 1 atom stereocenters. The molecule has 0 bridgehead atoms. The maximum Gasteiger partial charge on any atom is 0.275 e. The number of nitrogens with zero attached hydrogens (tertiary/aromatic N) is 2. The van der Waals surface area contributed by atoms with E-state index in [1.807, 2.05) is 22.7 Å². The fourth-order valence-corrected chi connectivity index (χ4v) is 3.44. The summed E-state index contributed by atoms with van der Waals surface area (Å²) < 4.78 is 0. The molecule has 1 saturated heterocycles. The van der Waals surface area contributed by atoms with Gasteiger partial charge in [-0.05, 0) is 6.07 Å².